The third kappa shape index (κ3) is 4.33. The van der Waals surface area contributed by atoms with Gasteiger partial charge in [-0.2, -0.15) is 0 Å². The van der Waals surface area contributed by atoms with Crippen molar-refractivity contribution in [3.05, 3.63) is 24.3 Å². The Morgan fingerprint density at radius 1 is 1.43 bits per heavy atom. The molecule has 1 unspecified atom stereocenters. The Labute approximate surface area is 135 Å². The van der Waals surface area contributed by atoms with E-state index in [0.717, 1.165) is 15.9 Å². The molecular weight excluding hydrogens is 334 g/mol. The molecule has 21 heavy (non-hydrogen) atoms. The Kier molecular flexibility index (Phi) is 6.48. The molecule has 1 atom stereocenters. The SMILES string of the molecule is CN(C)S(=O)(=O)c1cccc(NC(=O)C2CSCN2)c1.Cl. The van der Waals surface area contributed by atoms with Gasteiger partial charge in [0, 0.05) is 31.4 Å². The third-order valence-corrected chi connectivity index (χ3v) is 5.66. The summed E-state index contributed by atoms with van der Waals surface area (Å²) in [6, 6.07) is 6.04. The first-order valence-electron chi connectivity index (χ1n) is 6.06. The number of thioether (sulfide) groups is 1. The lowest BCUT2D eigenvalue weighted by Gasteiger charge is -2.14. The maximum Gasteiger partial charge on any atom is 0.242 e. The number of carbonyl (C=O) groups is 1. The minimum atomic E-state index is -3.49. The third-order valence-electron chi connectivity index (χ3n) is 2.91. The monoisotopic (exact) mass is 351 g/mol. The van der Waals surface area contributed by atoms with Gasteiger partial charge >= 0.3 is 0 Å². The molecule has 1 saturated heterocycles. The molecular formula is C12H18ClN3O3S2. The van der Waals surface area contributed by atoms with Crippen molar-refractivity contribution in [1.29, 1.82) is 0 Å². The molecule has 1 fully saturated rings. The summed E-state index contributed by atoms with van der Waals surface area (Å²) in [6.07, 6.45) is 0. The van der Waals surface area contributed by atoms with Gasteiger partial charge in [-0.15, -0.1) is 24.2 Å². The van der Waals surface area contributed by atoms with Gasteiger partial charge in [-0.3, -0.25) is 10.1 Å². The van der Waals surface area contributed by atoms with Crippen LogP contribution in [-0.2, 0) is 14.8 Å². The Balaban J connectivity index is 0.00000220. The number of sulfonamides is 1. The van der Waals surface area contributed by atoms with Gasteiger partial charge in [-0.1, -0.05) is 6.07 Å². The summed E-state index contributed by atoms with van der Waals surface area (Å²) in [5, 5.41) is 5.80. The molecule has 0 bridgehead atoms. The molecule has 2 rings (SSSR count). The number of hydrogen-bond acceptors (Lipinski definition) is 5. The molecule has 1 aliphatic heterocycles. The Bertz CT molecular complexity index is 602. The molecule has 0 aromatic heterocycles. The largest absolute Gasteiger partial charge is 0.325 e. The maximum atomic E-state index is 12.0. The van der Waals surface area contributed by atoms with Crippen LogP contribution in [-0.4, -0.2) is 50.4 Å². The summed E-state index contributed by atoms with van der Waals surface area (Å²) in [7, 11) is -0.547. The van der Waals surface area contributed by atoms with Gasteiger partial charge in [-0.05, 0) is 18.2 Å². The van der Waals surface area contributed by atoms with E-state index in [-0.39, 0.29) is 29.3 Å². The molecule has 6 nitrogen and oxygen atoms in total. The number of anilines is 1. The molecule has 9 heteroatoms. The summed E-state index contributed by atoms with van der Waals surface area (Å²) in [6.45, 7) is 0. The quantitative estimate of drug-likeness (QED) is 0.844. The van der Waals surface area contributed by atoms with Gasteiger partial charge in [0.15, 0.2) is 0 Å². The van der Waals surface area contributed by atoms with Gasteiger partial charge in [-0.25, -0.2) is 12.7 Å². The minimum absolute atomic E-state index is 0. The highest BCUT2D eigenvalue weighted by Gasteiger charge is 2.23. The summed E-state index contributed by atoms with van der Waals surface area (Å²) >= 11 is 1.66. The van der Waals surface area contributed by atoms with Crippen LogP contribution in [0.2, 0.25) is 0 Å². The predicted molar refractivity (Wildman–Crippen MR) is 87.4 cm³/mol. The smallest absolute Gasteiger partial charge is 0.242 e. The molecule has 1 amide bonds. The van der Waals surface area contributed by atoms with Gasteiger partial charge in [0.25, 0.3) is 0 Å². The van der Waals surface area contributed by atoms with Crippen LogP contribution in [0.5, 0.6) is 0 Å². The lowest BCUT2D eigenvalue weighted by Crippen LogP contribution is -2.37. The van der Waals surface area contributed by atoms with Crippen LogP contribution in [0, 0.1) is 0 Å². The van der Waals surface area contributed by atoms with Crippen LogP contribution in [0.15, 0.2) is 29.2 Å². The highest BCUT2D eigenvalue weighted by molar-refractivity contribution is 7.99. The summed E-state index contributed by atoms with van der Waals surface area (Å²) < 4.78 is 25.2. The van der Waals surface area contributed by atoms with E-state index in [1.807, 2.05) is 0 Å². The van der Waals surface area contributed by atoms with Crippen LogP contribution in [0.25, 0.3) is 0 Å². The summed E-state index contributed by atoms with van der Waals surface area (Å²) in [4.78, 5) is 12.1. The molecule has 0 saturated carbocycles. The first-order chi connectivity index (χ1) is 9.41. The number of amides is 1. The molecule has 1 aromatic carbocycles. The van der Waals surface area contributed by atoms with E-state index >= 15 is 0 Å². The fourth-order valence-electron chi connectivity index (χ4n) is 1.74. The lowest BCUT2D eigenvalue weighted by atomic mass is 10.2. The Hall–Kier alpha value is -0.800. The highest BCUT2D eigenvalue weighted by atomic mass is 35.5. The average molecular weight is 352 g/mol. The molecule has 0 radical (unpaired) electrons. The first kappa shape index (κ1) is 18.2. The van der Waals surface area contributed by atoms with E-state index in [1.165, 1.54) is 26.2 Å². The van der Waals surface area contributed by atoms with Crippen LogP contribution in [0.1, 0.15) is 0 Å². The minimum Gasteiger partial charge on any atom is -0.325 e. The van der Waals surface area contributed by atoms with Crippen molar-refractivity contribution in [1.82, 2.24) is 9.62 Å². The zero-order valence-corrected chi connectivity index (χ0v) is 14.1. The summed E-state index contributed by atoms with van der Waals surface area (Å²) in [5.41, 5.74) is 0.483. The normalized spacial score (nSPS) is 18.3. The second-order valence-corrected chi connectivity index (χ2v) is 7.76. The molecule has 1 aliphatic rings. The maximum absolute atomic E-state index is 12.0. The number of halogens is 1. The van der Waals surface area contributed by atoms with Crippen molar-refractivity contribution in [2.45, 2.75) is 10.9 Å². The van der Waals surface area contributed by atoms with Gasteiger partial charge in [0.2, 0.25) is 15.9 Å². The van der Waals surface area contributed by atoms with Crippen molar-refractivity contribution in [3.8, 4) is 0 Å². The van der Waals surface area contributed by atoms with Gasteiger partial charge < -0.3 is 5.32 Å². The number of nitrogens with zero attached hydrogens (tertiary/aromatic N) is 1. The highest BCUT2D eigenvalue weighted by Crippen LogP contribution is 2.19. The van der Waals surface area contributed by atoms with E-state index in [0.29, 0.717) is 5.69 Å². The van der Waals surface area contributed by atoms with Crippen LogP contribution in [0.3, 0.4) is 0 Å². The van der Waals surface area contributed by atoms with E-state index in [1.54, 1.807) is 23.9 Å². The van der Waals surface area contributed by atoms with E-state index < -0.39 is 10.0 Å². The molecule has 0 spiro atoms. The summed E-state index contributed by atoms with van der Waals surface area (Å²) in [5.74, 6) is 1.34. The van der Waals surface area contributed by atoms with Crippen molar-refractivity contribution in [3.63, 3.8) is 0 Å². The fraction of sp³-hybridized carbons (Fsp3) is 0.417. The zero-order chi connectivity index (χ0) is 14.8. The topological polar surface area (TPSA) is 78.5 Å². The van der Waals surface area contributed by atoms with E-state index in [2.05, 4.69) is 10.6 Å². The average Bonchev–Trinajstić information content (AvgIpc) is 2.92. The van der Waals surface area contributed by atoms with Crippen molar-refractivity contribution < 1.29 is 13.2 Å². The predicted octanol–water partition coefficient (Wildman–Crippen LogP) is 0.960. The van der Waals surface area contributed by atoms with Crippen molar-refractivity contribution in [2.24, 2.45) is 0 Å². The lowest BCUT2D eigenvalue weighted by molar-refractivity contribution is -0.117. The fourth-order valence-corrected chi connectivity index (χ4v) is 3.63. The van der Waals surface area contributed by atoms with E-state index in [9.17, 15) is 13.2 Å². The number of rotatable bonds is 4. The van der Waals surface area contributed by atoms with Crippen LogP contribution in [0.4, 0.5) is 5.69 Å². The van der Waals surface area contributed by atoms with Crippen LogP contribution < -0.4 is 10.6 Å². The second kappa shape index (κ2) is 7.46. The molecule has 1 heterocycles. The second-order valence-electron chi connectivity index (χ2n) is 4.58. The number of nitrogens with one attached hydrogen (secondary N) is 2. The van der Waals surface area contributed by atoms with Gasteiger partial charge in [0.1, 0.15) is 0 Å². The van der Waals surface area contributed by atoms with Gasteiger partial charge in [0.05, 0.1) is 10.9 Å². The molecule has 0 aliphatic carbocycles. The van der Waals surface area contributed by atoms with Crippen molar-refractivity contribution in [2.75, 3.05) is 31.0 Å². The Morgan fingerprint density at radius 2 is 2.14 bits per heavy atom. The number of benzene rings is 1. The standard InChI is InChI=1S/C12H17N3O3S2.ClH/c1-15(2)20(17,18)10-5-3-4-9(6-10)14-12(16)11-7-19-8-13-11;/h3-6,11,13H,7-8H2,1-2H3,(H,14,16);1H. The molecule has 2 N–H and O–H groups in total. The number of carbonyl (C=O) groups excluding carboxylic acids is 1. The van der Waals surface area contributed by atoms with Crippen LogP contribution >= 0.6 is 24.2 Å². The van der Waals surface area contributed by atoms with Crippen molar-refractivity contribution >= 4 is 45.8 Å². The first-order valence-corrected chi connectivity index (χ1v) is 8.65. The zero-order valence-electron chi connectivity index (χ0n) is 11.7. The molecule has 1 aromatic rings. The Morgan fingerprint density at radius 3 is 2.71 bits per heavy atom. The molecule has 118 valence electrons. The van der Waals surface area contributed by atoms with E-state index in [4.69, 9.17) is 0 Å². The number of hydrogen-bond donors (Lipinski definition) is 2.